The highest BCUT2D eigenvalue weighted by molar-refractivity contribution is 9.10. The van der Waals surface area contributed by atoms with Gasteiger partial charge in [0.1, 0.15) is 6.54 Å². The molecule has 1 aliphatic rings. The van der Waals surface area contributed by atoms with Gasteiger partial charge in [0.2, 0.25) is 5.91 Å². The molecule has 4 nitrogen and oxygen atoms in total. The molecule has 140 valence electrons. The fourth-order valence-electron chi connectivity index (χ4n) is 3.26. The van der Waals surface area contributed by atoms with E-state index in [2.05, 4.69) is 34.7 Å². The number of nitrogens with one attached hydrogen (secondary N) is 1. The first-order valence-corrected chi connectivity index (χ1v) is 9.83. The fourth-order valence-corrected chi connectivity index (χ4v) is 3.65. The highest BCUT2D eigenvalue weighted by Crippen LogP contribution is 2.34. The standard InChI is InChI=1S/C21H21BrClN3O/c1-3-12-21(2)14-26(25-20(21)15-4-8-17(23)9-5-15)13-19(27)24-18-10-6-16(22)7-11-18/h3-11H,1,12-14H2,2H3,(H,24,27). The van der Waals surface area contributed by atoms with E-state index in [9.17, 15) is 4.79 Å². The van der Waals surface area contributed by atoms with Crippen molar-refractivity contribution in [1.82, 2.24) is 5.01 Å². The zero-order chi connectivity index (χ0) is 19.4. The second-order valence-electron chi connectivity index (χ2n) is 6.89. The van der Waals surface area contributed by atoms with Crippen molar-refractivity contribution in [2.24, 2.45) is 10.5 Å². The van der Waals surface area contributed by atoms with Gasteiger partial charge >= 0.3 is 0 Å². The van der Waals surface area contributed by atoms with Crippen LogP contribution in [-0.2, 0) is 4.79 Å². The summed E-state index contributed by atoms with van der Waals surface area (Å²) in [4.78, 5) is 12.4. The predicted octanol–water partition coefficient (Wildman–Crippen LogP) is 5.34. The van der Waals surface area contributed by atoms with Crippen molar-refractivity contribution >= 4 is 44.8 Å². The van der Waals surface area contributed by atoms with E-state index >= 15 is 0 Å². The SMILES string of the molecule is C=CCC1(C)CN(CC(=O)Nc2ccc(Br)cc2)N=C1c1ccc(Cl)cc1. The summed E-state index contributed by atoms with van der Waals surface area (Å²) in [5.74, 6) is -0.0978. The molecule has 1 aliphatic heterocycles. The van der Waals surface area contributed by atoms with E-state index in [1.807, 2.05) is 59.6 Å². The number of anilines is 1. The molecule has 1 amide bonds. The lowest BCUT2D eigenvalue weighted by Crippen LogP contribution is -2.34. The van der Waals surface area contributed by atoms with Gasteiger partial charge in [-0.15, -0.1) is 6.58 Å². The van der Waals surface area contributed by atoms with Crippen molar-refractivity contribution in [3.63, 3.8) is 0 Å². The molecule has 0 saturated heterocycles. The Balaban J connectivity index is 1.75. The maximum Gasteiger partial charge on any atom is 0.245 e. The van der Waals surface area contributed by atoms with Crippen LogP contribution in [-0.4, -0.2) is 29.7 Å². The summed E-state index contributed by atoms with van der Waals surface area (Å²) in [5, 5.41) is 10.2. The van der Waals surface area contributed by atoms with Gasteiger partial charge in [-0.05, 0) is 48.4 Å². The second kappa shape index (κ2) is 8.28. The number of hydrogen-bond donors (Lipinski definition) is 1. The number of halogens is 2. The summed E-state index contributed by atoms with van der Waals surface area (Å²) in [6.45, 7) is 6.88. The van der Waals surface area contributed by atoms with Crippen molar-refractivity contribution in [2.45, 2.75) is 13.3 Å². The Kier molecular flexibility index (Phi) is 6.02. The molecule has 1 unspecified atom stereocenters. The number of rotatable bonds is 6. The van der Waals surface area contributed by atoms with Gasteiger partial charge < -0.3 is 5.32 Å². The van der Waals surface area contributed by atoms with E-state index in [1.165, 1.54) is 0 Å². The molecule has 0 aliphatic carbocycles. The van der Waals surface area contributed by atoms with Crippen LogP contribution in [0.3, 0.4) is 0 Å². The zero-order valence-corrected chi connectivity index (χ0v) is 17.4. The van der Waals surface area contributed by atoms with Gasteiger partial charge in [-0.2, -0.15) is 5.10 Å². The lowest BCUT2D eigenvalue weighted by Gasteiger charge is -2.25. The maximum absolute atomic E-state index is 12.4. The van der Waals surface area contributed by atoms with Crippen LogP contribution in [0.25, 0.3) is 0 Å². The summed E-state index contributed by atoms with van der Waals surface area (Å²) < 4.78 is 0.970. The zero-order valence-electron chi connectivity index (χ0n) is 15.1. The molecule has 2 aromatic carbocycles. The largest absolute Gasteiger partial charge is 0.324 e. The number of allylic oxidation sites excluding steroid dienone is 1. The molecule has 6 heteroatoms. The Hall–Kier alpha value is -2.11. The number of hydrogen-bond acceptors (Lipinski definition) is 3. The molecule has 0 saturated carbocycles. The van der Waals surface area contributed by atoms with E-state index in [4.69, 9.17) is 16.7 Å². The van der Waals surface area contributed by atoms with E-state index in [0.717, 1.165) is 27.9 Å². The average molecular weight is 447 g/mol. The Morgan fingerprint density at radius 3 is 2.59 bits per heavy atom. The van der Waals surface area contributed by atoms with Gasteiger partial charge in [0.05, 0.1) is 5.71 Å². The smallest absolute Gasteiger partial charge is 0.245 e. The Labute approximate surface area is 173 Å². The van der Waals surface area contributed by atoms with Crippen LogP contribution >= 0.6 is 27.5 Å². The van der Waals surface area contributed by atoms with Gasteiger partial charge in [-0.1, -0.05) is 52.7 Å². The monoisotopic (exact) mass is 445 g/mol. The van der Waals surface area contributed by atoms with E-state index in [-0.39, 0.29) is 17.9 Å². The van der Waals surface area contributed by atoms with E-state index in [0.29, 0.717) is 11.6 Å². The molecule has 0 spiro atoms. The third kappa shape index (κ3) is 4.79. The molecule has 1 heterocycles. The summed E-state index contributed by atoms with van der Waals surface area (Å²) >= 11 is 9.40. The maximum atomic E-state index is 12.4. The topological polar surface area (TPSA) is 44.7 Å². The summed E-state index contributed by atoms with van der Waals surface area (Å²) in [5.41, 5.74) is 2.53. The minimum Gasteiger partial charge on any atom is -0.324 e. The van der Waals surface area contributed by atoms with Crippen LogP contribution in [0.5, 0.6) is 0 Å². The number of nitrogens with zero attached hydrogens (tertiary/aromatic N) is 2. The minimum atomic E-state index is -0.201. The van der Waals surface area contributed by atoms with Crippen LogP contribution in [0, 0.1) is 5.41 Å². The summed E-state index contributed by atoms with van der Waals surface area (Å²) in [6, 6.07) is 15.1. The lowest BCUT2D eigenvalue weighted by atomic mass is 9.79. The van der Waals surface area contributed by atoms with Crippen molar-refractivity contribution in [3.05, 3.63) is 76.2 Å². The van der Waals surface area contributed by atoms with Crippen LogP contribution < -0.4 is 5.32 Å². The third-order valence-electron chi connectivity index (χ3n) is 4.51. The number of carbonyl (C=O) groups excluding carboxylic acids is 1. The average Bonchev–Trinajstić information content (AvgIpc) is 2.94. The first-order valence-electron chi connectivity index (χ1n) is 8.66. The summed E-state index contributed by atoms with van der Waals surface area (Å²) in [7, 11) is 0. The van der Waals surface area contributed by atoms with Crippen LogP contribution in [0.4, 0.5) is 5.69 Å². The van der Waals surface area contributed by atoms with E-state index < -0.39 is 0 Å². The van der Waals surface area contributed by atoms with Crippen molar-refractivity contribution in [3.8, 4) is 0 Å². The highest BCUT2D eigenvalue weighted by Gasteiger charge is 2.38. The Morgan fingerprint density at radius 1 is 1.30 bits per heavy atom. The van der Waals surface area contributed by atoms with Crippen LogP contribution in [0.1, 0.15) is 18.9 Å². The van der Waals surface area contributed by atoms with Crippen molar-refractivity contribution < 1.29 is 4.79 Å². The molecule has 1 atom stereocenters. The van der Waals surface area contributed by atoms with Crippen molar-refractivity contribution in [1.29, 1.82) is 0 Å². The highest BCUT2D eigenvalue weighted by atomic mass is 79.9. The number of hydrazone groups is 1. The lowest BCUT2D eigenvalue weighted by molar-refractivity contribution is -0.117. The summed E-state index contributed by atoms with van der Waals surface area (Å²) in [6.07, 6.45) is 2.68. The Morgan fingerprint density at radius 2 is 1.96 bits per heavy atom. The van der Waals surface area contributed by atoms with Crippen LogP contribution in [0.2, 0.25) is 5.02 Å². The molecule has 0 radical (unpaired) electrons. The van der Waals surface area contributed by atoms with Gasteiger partial charge in [-0.3, -0.25) is 9.80 Å². The predicted molar refractivity (Wildman–Crippen MR) is 115 cm³/mol. The van der Waals surface area contributed by atoms with Crippen LogP contribution in [0.15, 0.2) is 70.8 Å². The van der Waals surface area contributed by atoms with Gasteiger partial charge in [0, 0.05) is 27.1 Å². The molecule has 0 aromatic heterocycles. The molecule has 1 N–H and O–H groups in total. The van der Waals surface area contributed by atoms with Gasteiger partial charge in [0.15, 0.2) is 0 Å². The molecule has 0 fully saturated rings. The molecule has 27 heavy (non-hydrogen) atoms. The molecule has 0 bridgehead atoms. The molecule has 3 rings (SSSR count). The molecular weight excluding hydrogens is 426 g/mol. The number of carbonyl (C=O) groups is 1. The second-order valence-corrected chi connectivity index (χ2v) is 8.24. The van der Waals surface area contributed by atoms with Gasteiger partial charge in [0.25, 0.3) is 0 Å². The first-order chi connectivity index (χ1) is 12.9. The quantitative estimate of drug-likeness (QED) is 0.608. The van der Waals surface area contributed by atoms with Crippen molar-refractivity contribution in [2.75, 3.05) is 18.4 Å². The minimum absolute atomic E-state index is 0.0978. The van der Waals surface area contributed by atoms with E-state index in [1.54, 1.807) is 0 Å². The number of amides is 1. The Bertz CT molecular complexity index is 864. The first kappa shape index (κ1) is 19.6. The fraction of sp³-hybridized carbons (Fsp3) is 0.238. The molecular formula is C21H21BrClN3O. The third-order valence-corrected chi connectivity index (χ3v) is 5.29. The number of benzene rings is 2. The normalized spacial score (nSPS) is 18.9. The molecule has 2 aromatic rings. The van der Waals surface area contributed by atoms with Gasteiger partial charge in [-0.25, -0.2) is 0 Å².